The third-order valence-electron chi connectivity index (χ3n) is 5.54. The molecule has 0 aromatic heterocycles. The Morgan fingerprint density at radius 2 is 1.70 bits per heavy atom. The van der Waals surface area contributed by atoms with Crippen LogP contribution in [0.3, 0.4) is 0 Å². The van der Waals surface area contributed by atoms with Crippen LogP contribution in [0.25, 0.3) is 6.08 Å². The van der Waals surface area contributed by atoms with Crippen LogP contribution in [0.15, 0.2) is 54.6 Å². The van der Waals surface area contributed by atoms with Gasteiger partial charge in [-0.15, -0.1) is 0 Å². The Morgan fingerprint density at radius 1 is 1.03 bits per heavy atom. The molecule has 0 spiro atoms. The Balaban J connectivity index is 1.40. The van der Waals surface area contributed by atoms with Gasteiger partial charge in [-0.25, -0.2) is 4.79 Å². The van der Waals surface area contributed by atoms with E-state index in [9.17, 15) is 14.4 Å². The first kappa shape index (κ1) is 24.0. The number of carbonyl (C=O) groups excluding carboxylic acids is 3. The molecule has 0 atom stereocenters. The summed E-state index contributed by atoms with van der Waals surface area (Å²) >= 11 is 0. The van der Waals surface area contributed by atoms with E-state index < -0.39 is 6.16 Å². The quantitative estimate of drug-likeness (QED) is 0.388. The molecule has 2 aromatic carbocycles. The molecule has 1 aliphatic heterocycles. The van der Waals surface area contributed by atoms with Crippen molar-refractivity contribution in [2.75, 3.05) is 26.2 Å². The maximum Gasteiger partial charge on any atom is 0.513 e. The average Bonchev–Trinajstić information content (AvgIpc) is 2.83. The van der Waals surface area contributed by atoms with Crippen molar-refractivity contribution in [3.05, 3.63) is 71.3 Å². The van der Waals surface area contributed by atoms with Gasteiger partial charge in [0.2, 0.25) is 5.91 Å². The van der Waals surface area contributed by atoms with Gasteiger partial charge < -0.3 is 19.7 Å². The van der Waals surface area contributed by atoms with E-state index in [1.165, 1.54) is 5.56 Å². The molecule has 0 aliphatic carbocycles. The highest BCUT2D eigenvalue weighted by molar-refractivity contribution is 5.94. The van der Waals surface area contributed by atoms with Gasteiger partial charge in [-0.1, -0.05) is 29.8 Å². The molecular formula is C26H30N2O5. The number of nitrogens with zero attached hydrogens (tertiary/aromatic N) is 1. The standard InChI is InChI=1S/C26H30N2O5/c1-3-32-26(31)33-23-11-9-22(10-12-23)25(30)28-16-14-21(15-17-28)18-27-24(29)13-8-20-6-4-19(2)5-7-20/h4-13,21H,3,14-18H2,1-2H3,(H,27,29)/b13-8+. The first-order valence-corrected chi connectivity index (χ1v) is 11.2. The minimum absolute atomic E-state index is 0.0544. The second-order valence-corrected chi connectivity index (χ2v) is 8.03. The molecule has 0 unspecified atom stereocenters. The molecule has 1 heterocycles. The maximum atomic E-state index is 12.8. The van der Waals surface area contributed by atoms with Crippen molar-refractivity contribution in [1.82, 2.24) is 10.2 Å². The van der Waals surface area contributed by atoms with Gasteiger partial charge in [0.25, 0.3) is 5.91 Å². The van der Waals surface area contributed by atoms with E-state index in [0.29, 0.717) is 36.9 Å². The van der Waals surface area contributed by atoms with E-state index >= 15 is 0 Å². The number of nitrogens with one attached hydrogen (secondary N) is 1. The maximum absolute atomic E-state index is 12.8. The van der Waals surface area contributed by atoms with Crippen LogP contribution in [0.1, 0.15) is 41.3 Å². The van der Waals surface area contributed by atoms with Crippen molar-refractivity contribution in [2.45, 2.75) is 26.7 Å². The van der Waals surface area contributed by atoms with Gasteiger partial charge in [-0.05, 0) is 68.5 Å². The number of hydrogen-bond donors (Lipinski definition) is 1. The summed E-state index contributed by atoms with van der Waals surface area (Å²) in [5.41, 5.74) is 2.71. The Kier molecular flexibility index (Phi) is 8.63. The smallest absolute Gasteiger partial charge is 0.434 e. The summed E-state index contributed by atoms with van der Waals surface area (Å²) in [4.78, 5) is 38.1. The van der Waals surface area contributed by atoms with Gasteiger partial charge in [0.15, 0.2) is 0 Å². The highest BCUT2D eigenvalue weighted by atomic mass is 16.7. The first-order valence-electron chi connectivity index (χ1n) is 11.2. The SMILES string of the molecule is CCOC(=O)Oc1ccc(C(=O)N2CCC(CNC(=O)/C=C/c3ccc(C)cc3)CC2)cc1. The zero-order valence-electron chi connectivity index (χ0n) is 19.1. The minimum atomic E-state index is -0.767. The third-order valence-corrected chi connectivity index (χ3v) is 5.54. The number of ether oxygens (including phenoxy) is 2. The van der Waals surface area contributed by atoms with E-state index in [2.05, 4.69) is 5.32 Å². The summed E-state index contributed by atoms with van der Waals surface area (Å²) in [5, 5.41) is 2.96. The van der Waals surface area contributed by atoms with Crippen LogP contribution in [0.5, 0.6) is 5.75 Å². The molecule has 33 heavy (non-hydrogen) atoms. The molecule has 0 bridgehead atoms. The normalized spacial score (nSPS) is 14.2. The molecule has 1 fully saturated rings. The van der Waals surface area contributed by atoms with Gasteiger partial charge in [-0.3, -0.25) is 9.59 Å². The van der Waals surface area contributed by atoms with Gasteiger partial charge in [-0.2, -0.15) is 0 Å². The van der Waals surface area contributed by atoms with E-state index in [0.717, 1.165) is 18.4 Å². The lowest BCUT2D eigenvalue weighted by atomic mass is 9.96. The van der Waals surface area contributed by atoms with Crippen molar-refractivity contribution in [3.63, 3.8) is 0 Å². The Labute approximate surface area is 194 Å². The van der Waals surface area contributed by atoms with Crippen molar-refractivity contribution in [3.8, 4) is 5.75 Å². The molecule has 1 N–H and O–H groups in total. The van der Waals surface area contributed by atoms with Crippen molar-refractivity contribution in [1.29, 1.82) is 0 Å². The molecule has 2 amide bonds. The predicted molar refractivity (Wildman–Crippen MR) is 126 cm³/mol. The monoisotopic (exact) mass is 450 g/mol. The van der Waals surface area contributed by atoms with Crippen LogP contribution in [-0.4, -0.2) is 49.1 Å². The van der Waals surface area contributed by atoms with E-state index in [-0.39, 0.29) is 18.4 Å². The Bertz CT molecular complexity index is 975. The number of aryl methyl sites for hydroxylation is 1. The van der Waals surface area contributed by atoms with Crippen LogP contribution in [0.4, 0.5) is 4.79 Å². The van der Waals surface area contributed by atoms with Crippen LogP contribution in [0, 0.1) is 12.8 Å². The summed E-state index contributed by atoms with van der Waals surface area (Å²) in [5.74, 6) is 0.502. The zero-order valence-corrected chi connectivity index (χ0v) is 19.1. The fraction of sp³-hybridized carbons (Fsp3) is 0.346. The second-order valence-electron chi connectivity index (χ2n) is 8.03. The van der Waals surface area contributed by atoms with Gasteiger partial charge in [0.05, 0.1) is 6.61 Å². The summed E-state index contributed by atoms with van der Waals surface area (Å²) in [6.07, 6.45) is 4.25. The Hall–Kier alpha value is -3.61. The summed E-state index contributed by atoms with van der Waals surface area (Å²) in [6.45, 7) is 5.83. The lowest BCUT2D eigenvalue weighted by Gasteiger charge is -2.32. The van der Waals surface area contributed by atoms with Crippen LogP contribution < -0.4 is 10.1 Å². The average molecular weight is 451 g/mol. The van der Waals surface area contributed by atoms with Gasteiger partial charge in [0, 0.05) is 31.3 Å². The molecular weight excluding hydrogens is 420 g/mol. The third kappa shape index (κ3) is 7.49. The molecule has 174 valence electrons. The van der Waals surface area contributed by atoms with Gasteiger partial charge in [0.1, 0.15) is 5.75 Å². The zero-order chi connectivity index (χ0) is 23.6. The number of rotatable bonds is 7. The highest BCUT2D eigenvalue weighted by Gasteiger charge is 2.24. The molecule has 7 nitrogen and oxygen atoms in total. The molecule has 1 saturated heterocycles. The molecule has 2 aromatic rings. The number of likely N-dealkylation sites (tertiary alicyclic amines) is 1. The van der Waals surface area contributed by atoms with E-state index in [1.807, 2.05) is 36.1 Å². The number of benzene rings is 2. The molecule has 0 radical (unpaired) electrons. The topological polar surface area (TPSA) is 84.9 Å². The summed E-state index contributed by atoms with van der Waals surface area (Å²) in [6, 6.07) is 14.4. The van der Waals surface area contributed by atoms with Crippen LogP contribution >= 0.6 is 0 Å². The lowest BCUT2D eigenvalue weighted by Crippen LogP contribution is -2.41. The fourth-order valence-electron chi connectivity index (χ4n) is 3.59. The highest BCUT2D eigenvalue weighted by Crippen LogP contribution is 2.20. The lowest BCUT2D eigenvalue weighted by molar-refractivity contribution is -0.116. The largest absolute Gasteiger partial charge is 0.513 e. The summed E-state index contributed by atoms with van der Waals surface area (Å²) < 4.78 is 9.75. The second kappa shape index (κ2) is 11.9. The van der Waals surface area contributed by atoms with E-state index in [1.54, 1.807) is 43.3 Å². The van der Waals surface area contributed by atoms with Crippen LogP contribution in [0.2, 0.25) is 0 Å². The van der Waals surface area contributed by atoms with Gasteiger partial charge >= 0.3 is 6.16 Å². The van der Waals surface area contributed by atoms with Crippen molar-refractivity contribution < 1.29 is 23.9 Å². The number of piperidine rings is 1. The summed E-state index contributed by atoms with van der Waals surface area (Å²) in [7, 11) is 0. The predicted octanol–water partition coefficient (Wildman–Crippen LogP) is 4.21. The van der Waals surface area contributed by atoms with Crippen molar-refractivity contribution >= 4 is 24.0 Å². The first-order chi connectivity index (χ1) is 15.9. The molecule has 1 aliphatic rings. The van der Waals surface area contributed by atoms with E-state index in [4.69, 9.17) is 9.47 Å². The fourth-order valence-corrected chi connectivity index (χ4v) is 3.59. The molecule has 0 saturated carbocycles. The minimum Gasteiger partial charge on any atom is -0.434 e. The number of hydrogen-bond acceptors (Lipinski definition) is 5. The number of amides is 2. The molecule has 7 heteroatoms. The van der Waals surface area contributed by atoms with Crippen molar-refractivity contribution in [2.24, 2.45) is 5.92 Å². The van der Waals surface area contributed by atoms with Crippen LogP contribution in [-0.2, 0) is 9.53 Å². The Morgan fingerprint density at radius 3 is 2.33 bits per heavy atom. The molecule has 3 rings (SSSR count). The number of carbonyl (C=O) groups is 3.